The molecule has 7 nitrogen and oxygen atoms in total. The first-order valence-electron chi connectivity index (χ1n) is 11.1. The number of piperazine rings is 1. The van der Waals surface area contributed by atoms with E-state index < -0.39 is 0 Å². The van der Waals surface area contributed by atoms with Crippen molar-refractivity contribution < 1.29 is 14.3 Å². The molecule has 0 bridgehead atoms. The van der Waals surface area contributed by atoms with Crippen LogP contribution in [-0.2, 0) is 0 Å². The third-order valence-electron chi connectivity index (χ3n) is 6.08. The molecule has 1 amide bonds. The predicted octanol–water partition coefficient (Wildman–Crippen LogP) is 4.38. The topological polar surface area (TPSA) is 68.1 Å². The van der Waals surface area contributed by atoms with Crippen LogP contribution < -0.4 is 14.8 Å². The van der Waals surface area contributed by atoms with Crippen molar-refractivity contribution >= 4 is 23.2 Å². The SMILES string of the molecule is COc1cc(OC)c(-c2cn3ccc(-c4ccc(C(=O)N5CCNCC5)cc4)cc3n2)cc1Cl. The summed E-state index contributed by atoms with van der Waals surface area (Å²) in [5.74, 6) is 1.26. The van der Waals surface area contributed by atoms with Crippen LogP contribution in [0, 0.1) is 0 Å². The fraction of sp³-hybridized carbons (Fsp3) is 0.231. The van der Waals surface area contributed by atoms with E-state index in [1.165, 1.54) is 0 Å². The number of nitrogens with one attached hydrogen (secondary N) is 1. The molecule has 2 aromatic heterocycles. The van der Waals surface area contributed by atoms with Crippen molar-refractivity contribution in [2.24, 2.45) is 0 Å². The van der Waals surface area contributed by atoms with E-state index in [2.05, 4.69) is 5.32 Å². The molecule has 1 aliphatic heterocycles. The summed E-state index contributed by atoms with van der Waals surface area (Å²) in [5.41, 5.74) is 5.07. The Morgan fingerprint density at radius 1 is 0.971 bits per heavy atom. The highest BCUT2D eigenvalue weighted by molar-refractivity contribution is 6.32. The van der Waals surface area contributed by atoms with Crippen LogP contribution in [0.25, 0.3) is 28.0 Å². The second-order valence-electron chi connectivity index (χ2n) is 8.11. The van der Waals surface area contributed by atoms with Gasteiger partial charge in [0.25, 0.3) is 5.91 Å². The number of pyridine rings is 1. The molecule has 5 rings (SSSR count). The van der Waals surface area contributed by atoms with Gasteiger partial charge in [-0.1, -0.05) is 23.7 Å². The van der Waals surface area contributed by atoms with Crippen molar-refractivity contribution in [3.63, 3.8) is 0 Å². The minimum Gasteiger partial charge on any atom is -0.496 e. The second-order valence-corrected chi connectivity index (χ2v) is 8.52. The number of halogens is 1. The normalized spacial score (nSPS) is 13.8. The molecule has 34 heavy (non-hydrogen) atoms. The van der Waals surface area contributed by atoms with Gasteiger partial charge in [-0.05, 0) is 41.5 Å². The molecular weight excluding hydrogens is 452 g/mol. The van der Waals surface area contributed by atoms with Gasteiger partial charge in [0.1, 0.15) is 17.1 Å². The van der Waals surface area contributed by atoms with Crippen molar-refractivity contribution in [2.45, 2.75) is 0 Å². The Balaban J connectivity index is 1.43. The number of benzene rings is 2. The van der Waals surface area contributed by atoms with Gasteiger partial charge in [-0.2, -0.15) is 0 Å². The fourth-order valence-corrected chi connectivity index (χ4v) is 4.45. The van der Waals surface area contributed by atoms with Crippen LogP contribution in [0.4, 0.5) is 0 Å². The lowest BCUT2D eigenvalue weighted by atomic mass is 10.0. The Labute approximate surface area is 202 Å². The Kier molecular flexibility index (Phi) is 6.13. The van der Waals surface area contributed by atoms with Crippen LogP contribution in [0.3, 0.4) is 0 Å². The summed E-state index contributed by atoms with van der Waals surface area (Å²) >= 11 is 6.35. The quantitative estimate of drug-likeness (QED) is 0.463. The molecule has 0 atom stereocenters. The predicted molar refractivity (Wildman–Crippen MR) is 133 cm³/mol. The van der Waals surface area contributed by atoms with E-state index in [1.54, 1.807) is 26.4 Å². The lowest BCUT2D eigenvalue weighted by Crippen LogP contribution is -2.46. The second kappa shape index (κ2) is 9.37. The van der Waals surface area contributed by atoms with Crippen LogP contribution in [0.15, 0.2) is 60.9 Å². The lowest BCUT2D eigenvalue weighted by Gasteiger charge is -2.27. The minimum absolute atomic E-state index is 0.0773. The Hall–Kier alpha value is -3.55. The van der Waals surface area contributed by atoms with Crippen molar-refractivity contribution in [1.29, 1.82) is 0 Å². The minimum atomic E-state index is 0.0773. The third kappa shape index (κ3) is 4.20. The molecule has 0 aliphatic carbocycles. The average Bonchev–Trinajstić information content (AvgIpc) is 3.32. The fourth-order valence-electron chi connectivity index (χ4n) is 4.21. The van der Waals surface area contributed by atoms with Crippen LogP contribution in [0.2, 0.25) is 5.02 Å². The number of hydrogen-bond acceptors (Lipinski definition) is 5. The van der Waals surface area contributed by atoms with E-state index in [0.29, 0.717) is 22.1 Å². The summed E-state index contributed by atoms with van der Waals surface area (Å²) < 4.78 is 12.8. The molecule has 0 unspecified atom stereocenters. The molecule has 0 spiro atoms. The standard InChI is InChI=1S/C26H25ClN4O3/c1-33-23-15-24(34-2)21(27)14-20(23)22-16-31-10-7-19(13-25(31)29-22)17-3-5-18(6-4-17)26(32)30-11-8-28-9-12-30/h3-7,10,13-16,28H,8-9,11-12H2,1-2H3. The number of carbonyl (C=O) groups excluding carboxylic acids is 1. The molecule has 1 aliphatic rings. The van der Waals surface area contributed by atoms with E-state index in [4.69, 9.17) is 26.1 Å². The summed E-state index contributed by atoms with van der Waals surface area (Å²) in [6.07, 6.45) is 3.91. The van der Waals surface area contributed by atoms with Gasteiger partial charge in [-0.25, -0.2) is 4.98 Å². The number of rotatable bonds is 5. The smallest absolute Gasteiger partial charge is 0.253 e. The van der Waals surface area contributed by atoms with Gasteiger partial charge in [0.15, 0.2) is 0 Å². The maximum atomic E-state index is 12.7. The van der Waals surface area contributed by atoms with Crippen molar-refractivity contribution in [2.75, 3.05) is 40.4 Å². The Bertz CT molecular complexity index is 1340. The van der Waals surface area contributed by atoms with Gasteiger partial charge in [-0.15, -0.1) is 0 Å². The molecule has 1 N–H and O–H groups in total. The van der Waals surface area contributed by atoms with Crippen LogP contribution >= 0.6 is 11.6 Å². The van der Waals surface area contributed by atoms with Crippen molar-refractivity contribution in [1.82, 2.24) is 19.6 Å². The number of methoxy groups -OCH3 is 2. The molecule has 174 valence electrons. The zero-order valence-electron chi connectivity index (χ0n) is 19.0. The highest BCUT2D eigenvalue weighted by Gasteiger charge is 2.18. The van der Waals surface area contributed by atoms with Gasteiger partial charge in [-0.3, -0.25) is 4.79 Å². The molecule has 1 saturated heterocycles. The number of hydrogen-bond donors (Lipinski definition) is 1. The summed E-state index contributed by atoms with van der Waals surface area (Å²) in [6, 6.07) is 15.4. The first kappa shape index (κ1) is 22.3. The summed E-state index contributed by atoms with van der Waals surface area (Å²) in [5, 5.41) is 3.76. The molecule has 4 aromatic rings. The summed E-state index contributed by atoms with van der Waals surface area (Å²) in [4.78, 5) is 19.4. The monoisotopic (exact) mass is 476 g/mol. The highest BCUT2D eigenvalue weighted by atomic mass is 35.5. The first-order chi connectivity index (χ1) is 16.6. The zero-order chi connectivity index (χ0) is 23.7. The number of aromatic nitrogens is 2. The van der Waals surface area contributed by atoms with Gasteiger partial charge in [0.05, 0.1) is 24.9 Å². The van der Waals surface area contributed by atoms with Gasteiger partial charge in [0, 0.05) is 55.8 Å². The lowest BCUT2D eigenvalue weighted by molar-refractivity contribution is 0.0736. The van der Waals surface area contributed by atoms with E-state index in [-0.39, 0.29) is 5.91 Å². The van der Waals surface area contributed by atoms with Crippen molar-refractivity contribution in [3.05, 3.63) is 71.5 Å². The highest BCUT2D eigenvalue weighted by Crippen LogP contribution is 2.38. The average molecular weight is 477 g/mol. The van der Waals surface area contributed by atoms with E-state index in [9.17, 15) is 4.79 Å². The molecule has 8 heteroatoms. The molecule has 1 fully saturated rings. The number of amides is 1. The Morgan fingerprint density at radius 2 is 1.71 bits per heavy atom. The molecule has 2 aromatic carbocycles. The van der Waals surface area contributed by atoms with Crippen LogP contribution in [0.1, 0.15) is 10.4 Å². The molecular formula is C26H25ClN4O3. The first-order valence-corrected chi connectivity index (χ1v) is 11.5. The van der Waals surface area contributed by atoms with Gasteiger partial charge in [0.2, 0.25) is 0 Å². The zero-order valence-corrected chi connectivity index (χ0v) is 19.8. The maximum absolute atomic E-state index is 12.7. The Morgan fingerprint density at radius 3 is 2.41 bits per heavy atom. The third-order valence-corrected chi connectivity index (χ3v) is 6.37. The van der Waals surface area contributed by atoms with Gasteiger partial charge >= 0.3 is 0 Å². The summed E-state index contributed by atoms with van der Waals surface area (Å²) in [6.45, 7) is 3.16. The van der Waals surface area contributed by atoms with Gasteiger partial charge < -0.3 is 24.1 Å². The number of imidazole rings is 1. The maximum Gasteiger partial charge on any atom is 0.253 e. The molecule has 0 radical (unpaired) electrons. The number of fused-ring (bicyclic) bond motifs is 1. The summed E-state index contributed by atoms with van der Waals surface area (Å²) in [7, 11) is 3.18. The van der Waals surface area contributed by atoms with E-state index in [0.717, 1.165) is 54.2 Å². The van der Waals surface area contributed by atoms with E-state index >= 15 is 0 Å². The largest absolute Gasteiger partial charge is 0.496 e. The number of carbonyl (C=O) groups is 1. The number of nitrogens with zero attached hydrogens (tertiary/aromatic N) is 3. The molecule has 0 saturated carbocycles. The van der Waals surface area contributed by atoms with Crippen LogP contribution in [-0.4, -0.2) is 60.6 Å². The van der Waals surface area contributed by atoms with E-state index in [1.807, 2.05) is 58.1 Å². The van der Waals surface area contributed by atoms with Crippen molar-refractivity contribution in [3.8, 4) is 33.9 Å². The molecule has 3 heterocycles. The number of ether oxygens (including phenoxy) is 2. The van der Waals surface area contributed by atoms with Crippen LogP contribution in [0.5, 0.6) is 11.5 Å².